The monoisotopic (exact) mass is 240 g/mol. The van der Waals surface area contributed by atoms with E-state index in [1.165, 1.54) is 25.7 Å². The van der Waals surface area contributed by atoms with E-state index >= 15 is 0 Å². The first-order chi connectivity index (χ1) is 7.84. The molecule has 1 N–H and O–H groups in total. The summed E-state index contributed by atoms with van der Waals surface area (Å²) in [6.45, 7) is 3.40. The number of thioether (sulfide) groups is 1. The summed E-state index contributed by atoms with van der Waals surface area (Å²) in [5, 5.41) is 4.40. The van der Waals surface area contributed by atoms with Crippen LogP contribution in [-0.2, 0) is 0 Å². The SMILES string of the molecule is CC1CCCC(NCCSc2ncco2)C1. The first-order valence-electron chi connectivity index (χ1n) is 6.10. The molecule has 2 rings (SSSR count). The van der Waals surface area contributed by atoms with Crippen molar-refractivity contribution in [2.45, 2.75) is 43.9 Å². The largest absolute Gasteiger partial charge is 0.440 e. The normalized spacial score (nSPS) is 25.8. The number of nitrogens with one attached hydrogen (secondary N) is 1. The van der Waals surface area contributed by atoms with Gasteiger partial charge in [0, 0.05) is 18.3 Å². The van der Waals surface area contributed by atoms with E-state index < -0.39 is 0 Å². The second-order valence-corrected chi connectivity index (χ2v) is 5.62. The molecule has 1 fully saturated rings. The second-order valence-electron chi connectivity index (χ2n) is 4.57. The molecular formula is C12H20N2OS. The third-order valence-electron chi connectivity index (χ3n) is 3.11. The van der Waals surface area contributed by atoms with Gasteiger partial charge in [-0.05, 0) is 18.8 Å². The average Bonchev–Trinajstić information content (AvgIpc) is 2.77. The quantitative estimate of drug-likeness (QED) is 0.634. The Morgan fingerprint density at radius 1 is 1.56 bits per heavy atom. The molecule has 1 saturated carbocycles. The molecule has 0 amide bonds. The van der Waals surface area contributed by atoms with Gasteiger partial charge in [0.1, 0.15) is 6.26 Å². The van der Waals surface area contributed by atoms with Crippen molar-refractivity contribution in [2.24, 2.45) is 5.92 Å². The van der Waals surface area contributed by atoms with E-state index in [9.17, 15) is 0 Å². The molecule has 2 unspecified atom stereocenters. The summed E-state index contributed by atoms with van der Waals surface area (Å²) >= 11 is 1.68. The smallest absolute Gasteiger partial charge is 0.255 e. The highest BCUT2D eigenvalue weighted by Gasteiger charge is 2.17. The van der Waals surface area contributed by atoms with Gasteiger partial charge in [-0.15, -0.1) is 0 Å². The molecule has 1 aromatic rings. The summed E-state index contributed by atoms with van der Waals surface area (Å²) in [5.41, 5.74) is 0. The standard InChI is InChI=1S/C12H20N2OS/c1-10-3-2-4-11(9-10)13-6-8-16-12-14-5-7-15-12/h5,7,10-11,13H,2-4,6,8-9H2,1H3. The summed E-state index contributed by atoms with van der Waals surface area (Å²) in [6, 6.07) is 0.730. The number of hydrogen-bond donors (Lipinski definition) is 1. The summed E-state index contributed by atoms with van der Waals surface area (Å²) in [4.78, 5) is 4.08. The first-order valence-corrected chi connectivity index (χ1v) is 7.09. The van der Waals surface area contributed by atoms with Crippen LogP contribution in [0.4, 0.5) is 0 Å². The van der Waals surface area contributed by atoms with Gasteiger partial charge in [0.25, 0.3) is 5.22 Å². The Morgan fingerprint density at radius 2 is 2.50 bits per heavy atom. The van der Waals surface area contributed by atoms with Crippen molar-refractivity contribution < 1.29 is 4.42 Å². The van der Waals surface area contributed by atoms with Crippen LogP contribution >= 0.6 is 11.8 Å². The van der Waals surface area contributed by atoms with Crippen LogP contribution in [0.5, 0.6) is 0 Å². The lowest BCUT2D eigenvalue weighted by molar-refractivity contribution is 0.306. The predicted molar refractivity (Wildman–Crippen MR) is 66.6 cm³/mol. The molecule has 2 atom stereocenters. The van der Waals surface area contributed by atoms with Gasteiger partial charge >= 0.3 is 0 Å². The van der Waals surface area contributed by atoms with Crippen molar-refractivity contribution >= 4 is 11.8 Å². The van der Waals surface area contributed by atoms with Gasteiger partial charge < -0.3 is 9.73 Å². The Hall–Kier alpha value is -0.480. The number of oxazole rings is 1. The Labute approximate surface area is 101 Å². The van der Waals surface area contributed by atoms with Gasteiger partial charge in [-0.25, -0.2) is 4.98 Å². The van der Waals surface area contributed by atoms with Crippen molar-refractivity contribution in [2.75, 3.05) is 12.3 Å². The van der Waals surface area contributed by atoms with Crippen LogP contribution < -0.4 is 5.32 Å². The Balaban J connectivity index is 1.57. The zero-order valence-corrected chi connectivity index (χ0v) is 10.6. The van der Waals surface area contributed by atoms with E-state index in [2.05, 4.69) is 17.2 Å². The zero-order chi connectivity index (χ0) is 11.2. The van der Waals surface area contributed by atoms with Crippen LogP contribution in [0.25, 0.3) is 0 Å². The molecule has 3 nitrogen and oxygen atoms in total. The molecule has 4 heteroatoms. The highest BCUT2D eigenvalue weighted by atomic mass is 32.2. The second kappa shape index (κ2) is 6.30. The lowest BCUT2D eigenvalue weighted by Gasteiger charge is -2.27. The van der Waals surface area contributed by atoms with Gasteiger partial charge in [-0.3, -0.25) is 0 Å². The number of rotatable bonds is 5. The van der Waals surface area contributed by atoms with Crippen molar-refractivity contribution in [3.8, 4) is 0 Å². The van der Waals surface area contributed by atoms with E-state index in [0.717, 1.165) is 29.5 Å². The van der Waals surface area contributed by atoms with E-state index in [-0.39, 0.29) is 0 Å². The van der Waals surface area contributed by atoms with Crippen LogP contribution in [0.3, 0.4) is 0 Å². The maximum Gasteiger partial charge on any atom is 0.255 e. The Morgan fingerprint density at radius 3 is 3.25 bits per heavy atom. The van der Waals surface area contributed by atoms with E-state index in [0.29, 0.717) is 0 Å². The van der Waals surface area contributed by atoms with Crippen LogP contribution in [0.15, 0.2) is 22.1 Å². The lowest BCUT2D eigenvalue weighted by Crippen LogP contribution is -2.34. The third kappa shape index (κ3) is 3.83. The third-order valence-corrected chi connectivity index (χ3v) is 3.96. The zero-order valence-electron chi connectivity index (χ0n) is 9.82. The van der Waals surface area contributed by atoms with Crippen LogP contribution in [0.1, 0.15) is 32.6 Å². The molecule has 16 heavy (non-hydrogen) atoms. The molecule has 0 aliphatic heterocycles. The minimum atomic E-state index is 0.730. The lowest BCUT2D eigenvalue weighted by atomic mass is 9.87. The predicted octanol–water partition coefficient (Wildman–Crippen LogP) is 2.94. The van der Waals surface area contributed by atoms with Crippen LogP contribution in [0.2, 0.25) is 0 Å². The topological polar surface area (TPSA) is 38.1 Å². The van der Waals surface area contributed by atoms with Crippen molar-refractivity contribution in [3.63, 3.8) is 0 Å². The van der Waals surface area contributed by atoms with Gasteiger partial charge in [0.2, 0.25) is 0 Å². The van der Waals surface area contributed by atoms with Crippen molar-refractivity contribution in [1.82, 2.24) is 10.3 Å². The van der Waals surface area contributed by atoms with Gasteiger partial charge in [-0.2, -0.15) is 0 Å². The minimum Gasteiger partial charge on any atom is -0.440 e. The average molecular weight is 240 g/mol. The molecular weight excluding hydrogens is 220 g/mol. The molecule has 0 aromatic carbocycles. The molecule has 90 valence electrons. The van der Waals surface area contributed by atoms with Gasteiger partial charge in [0.05, 0.1) is 6.20 Å². The minimum absolute atomic E-state index is 0.730. The number of aromatic nitrogens is 1. The first kappa shape index (κ1) is 12.0. The van der Waals surface area contributed by atoms with E-state index in [1.807, 2.05) is 0 Å². The van der Waals surface area contributed by atoms with E-state index in [4.69, 9.17) is 4.42 Å². The van der Waals surface area contributed by atoms with Gasteiger partial charge in [-0.1, -0.05) is 31.5 Å². The maximum absolute atomic E-state index is 5.17. The number of nitrogens with zero attached hydrogens (tertiary/aromatic N) is 1. The molecule has 1 aromatic heterocycles. The fourth-order valence-electron chi connectivity index (χ4n) is 2.30. The molecule has 0 spiro atoms. The number of hydrogen-bond acceptors (Lipinski definition) is 4. The summed E-state index contributed by atoms with van der Waals surface area (Å²) in [6.07, 6.45) is 8.78. The fourth-order valence-corrected chi connectivity index (χ4v) is 2.96. The summed E-state index contributed by atoms with van der Waals surface area (Å²) < 4.78 is 5.17. The molecule has 0 radical (unpaired) electrons. The Bertz CT molecular complexity index is 289. The van der Waals surface area contributed by atoms with E-state index in [1.54, 1.807) is 24.2 Å². The molecule has 0 bridgehead atoms. The van der Waals surface area contributed by atoms with Crippen LogP contribution in [0, 0.1) is 5.92 Å². The Kier molecular flexibility index (Phi) is 4.72. The highest BCUT2D eigenvalue weighted by Crippen LogP contribution is 2.23. The highest BCUT2D eigenvalue weighted by molar-refractivity contribution is 7.99. The molecule has 1 heterocycles. The molecule has 0 saturated heterocycles. The van der Waals surface area contributed by atoms with Gasteiger partial charge in [0.15, 0.2) is 0 Å². The molecule has 1 aliphatic carbocycles. The fraction of sp³-hybridized carbons (Fsp3) is 0.750. The van der Waals surface area contributed by atoms with Crippen LogP contribution in [-0.4, -0.2) is 23.3 Å². The summed E-state index contributed by atoms with van der Waals surface area (Å²) in [5.74, 6) is 1.93. The molecule has 1 aliphatic rings. The summed E-state index contributed by atoms with van der Waals surface area (Å²) in [7, 11) is 0. The van der Waals surface area contributed by atoms with Crippen molar-refractivity contribution in [1.29, 1.82) is 0 Å². The maximum atomic E-state index is 5.17. The van der Waals surface area contributed by atoms with Crippen molar-refractivity contribution in [3.05, 3.63) is 12.5 Å².